The molecule has 1 unspecified atom stereocenters. The molecule has 1 aliphatic carbocycles. The van der Waals surface area contributed by atoms with E-state index >= 15 is 0 Å². The van der Waals surface area contributed by atoms with Gasteiger partial charge in [-0.3, -0.25) is 0 Å². The van der Waals surface area contributed by atoms with Gasteiger partial charge in [0, 0.05) is 11.3 Å². The van der Waals surface area contributed by atoms with Crippen LogP contribution in [0.5, 0.6) is 0 Å². The van der Waals surface area contributed by atoms with Gasteiger partial charge in [0.2, 0.25) is 0 Å². The van der Waals surface area contributed by atoms with Crippen LogP contribution >= 0.6 is 0 Å². The van der Waals surface area contributed by atoms with E-state index in [9.17, 15) is 0 Å². The van der Waals surface area contributed by atoms with Gasteiger partial charge in [-0.1, -0.05) is 13.0 Å². The predicted molar refractivity (Wildman–Crippen MR) is 52.7 cm³/mol. The molecule has 3 nitrogen and oxygen atoms in total. The Kier molecular flexibility index (Phi) is 3.53. The van der Waals surface area contributed by atoms with Crippen LogP contribution in [0.1, 0.15) is 19.8 Å². The first-order valence-electron chi connectivity index (χ1n) is 4.58. The zero-order chi connectivity index (χ0) is 9.68. The Morgan fingerprint density at radius 2 is 2.54 bits per heavy atom. The summed E-state index contributed by atoms with van der Waals surface area (Å²) in [6, 6.07) is 2.31. The Morgan fingerprint density at radius 1 is 1.77 bits per heavy atom. The Labute approximate surface area is 78.9 Å². The molecule has 0 spiro atoms. The van der Waals surface area contributed by atoms with E-state index in [-0.39, 0.29) is 6.04 Å². The van der Waals surface area contributed by atoms with Gasteiger partial charge in [0.15, 0.2) is 0 Å². The van der Waals surface area contributed by atoms with Gasteiger partial charge in [-0.25, -0.2) is 0 Å². The Bertz CT molecular complexity index is 270. The zero-order valence-corrected chi connectivity index (χ0v) is 7.88. The number of hydrogen-bond donors (Lipinski definition) is 2. The maximum atomic E-state index is 8.63. The lowest BCUT2D eigenvalue weighted by Crippen LogP contribution is -2.35. The van der Waals surface area contributed by atoms with Crippen molar-refractivity contribution in [3.63, 3.8) is 0 Å². The number of nitriles is 1. The molecule has 0 saturated heterocycles. The summed E-state index contributed by atoms with van der Waals surface area (Å²) in [5.74, 6) is 0. The largest absolute Gasteiger partial charge is 0.401 e. The van der Waals surface area contributed by atoms with Gasteiger partial charge in [-0.2, -0.15) is 5.26 Å². The average Bonchev–Trinajstić information content (AvgIpc) is 2.16. The van der Waals surface area contributed by atoms with Gasteiger partial charge < -0.3 is 11.1 Å². The van der Waals surface area contributed by atoms with Gasteiger partial charge >= 0.3 is 0 Å². The molecule has 0 aromatic carbocycles. The number of hydrogen-bond acceptors (Lipinski definition) is 3. The lowest BCUT2D eigenvalue weighted by Gasteiger charge is -2.20. The number of nitrogens with zero attached hydrogens (tertiary/aromatic N) is 1. The summed E-state index contributed by atoms with van der Waals surface area (Å²) in [5, 5.41) is 12.0. The predicted octanol–water partition coefficient (Wildman–Crippen LogP) is 1.05. The molecular formula is C10H15N3. The fourth-order valence-electron chi connectivity index (χ4n) is 1.32. The smallest absolute Gasteiger partial charge is 0.0988 e. The van der Waals surface area contributed by atoms with E-state index < -0.39 is 0 Å². The van der Waals surface area contributed by atoms with Crippen LogP contribution in [0, 0.1) is 11.3 Å². The molecule has 1 atom stereocenters. The van der Waals surface area contributed by atoms with Crippen LogP contribution in [0.4, 0.5) is 0 Å². The number of allylic oxidation sites excluding steroid dienone is 2. The standard InChI is InChI=1S/C10H15N3/c1-2-5-13-10-4-3-8(7-11)6-9(10)12/h3,6,10,13H,2,4-5,12H2,1H3. The molecule has 0 aromatic rings. The number of rotatable bonds is 3. The van der Waals surface area contributed by atoms with Gasteiger partial charge in [-0.15, -0.1) is 0 Å². The minimum atomic E-state index is 0.219. The van der Waals surface area contributed by atoms with E-state index in [0.717, 1.165) is 25.1 Å². The minimum absolute atomic E-state index is 0.219. The third kappa shape index (κ3) is 2.60. The van der Waals surface area contributed by atoms with Crippen LogP contribution in [0.25, 0.3) is 0 Å². The summed E-state index contributed by atoms with van der Waals surface area (Å²) in [4.78, 5) is 0. The maximum absolute atomic E-state index is 8.63. The molecule has 0 radical (unpaired) electrons. The van der Waals surface area contributed by atoms with E-state index in [0.29, 0.717) is 5.57 Å². The average molecular weight is 177 g/mol. The molecule has 3 N–H and O–H groups in total. The lowest BCUT2D eigenvalue weighted by molar-refractivity contribution is 0.561. The fourth-order valence-corrected chi connectivity index (χ4v) is 1.32. The normalized spacial score (nSPS) is 21.7. The fraction of sp³-hybridized carbons (Fsp3) is 0.500. The van der Waals surface area contributed by atoms with Gasteiger partial charge in [0.1, 0.15) is 0 Å². The highest BCUT2D eigenvalue weighted by Gasteiger charge is 2.13. The van der Waals surface area contributed by atoms with Crippen LogP contribution < -0.4 is 11.1 Å². The van der Waals surface area contributed by atoms with E-state index in [2.05, 4.69) is 18.3 Å². The molecule has 70 valence electrons. The first-order valence-corrected chi connectivity index (χ1v) is 4.58. The van der Waals surface area contributed by atoms with E-state index in [4.69, 9.17) is 11.0 Å². The SMILES string of the molecule is CCCNC1CC=C(C#N)C=C1N. The summed E-state index contributed by atoms with van der Waals surface area (Å²) in [6.07, 6.45) is 5.59. The Hall–Kier alpha value is -1.27. The minimum Gasteiger partial charge on any atom is -0.401 e. The molecule has 13 heavy (non-hydrogen) atoms. The van der Waals surface area contributed by atoms with Gasteiger partial charge in [-0.05, 0) is 25.5 Å². The molecule has 0 aromatic heterocycles. The van der Waals surface area contributed by atoms with Crippen molar-refractivity contribution in [3.8, 4) is 6.07 Å². The highest BCUT2D eigenvalue weighted by Crippen LogP contribution is 2.13. The summed E-state index contributed by atoms with van der Waals surface area (Å²) >= 11 is 0. The van der Waals surface area contributed by atoms with Crippen molar-refractivity contribution < 1.29 is 0 Å². The van der Waals surface area contributed by atoms with Crippen LogP contribution in [0.3, 0.4) is 0 Å². The van der Waals surface area contributed by atoms with Gasteiger partial charge in [0.05, 0.1) is 12.1 Å². The lowest BCUT2D eigenvalue weighted by atomic mass is 10.0. The molecule has 0 amide bonds. The van der Waals surface area contributed by atoms with Gasteiger partial charge in [0.25, 0.3) is 0 Å². The quantitative estimate of drug-likeness (QED) is 0.677. The van der Waals surface area contributed by atoms with Crippen molar-refractivity contribution in [1.29, 1.82) is 5.26 Å². The van der Waals surface area contributed by atoms with E-state index in [1.165, 1.54) is 0 Å². The molecule has 3 heteroatoms. The van der Waals surface area contributed by atoms with Crippen LogP contribution in [0.15, 0.2) is 23.4 Å². The molecule has 1 rings (SSSR count). The zero-order valence-electron chi connectivity index (χ0n) is 7.88. The third-order valence-corrected chi connectivity index (χ3v) is 2.07. The summed E-state index contributed by atoms with van der Waals surface area (Å²) in [5.41, 5.74) is 7.24. The van der Waals surface area contributed by atoms with Crippen molar-refractivity contribution >= 4 is 0 Å². The number of nitrogens with one attached hydrogen (secondary N) is 1. The molecular weight excluding hydrogens is 162 g/mol. The van der Waals surface area contributed by atoms with Crippen LogP contribution in [-0.4, -0.2) is 12.6 Å². The molecule has 0 bridgehead atoms. The summed E-state index contributed by atoms with van der Waals surface area (Å²) in [6.45, 7) is 3.08. The van der Waals surface area contributed by atoms with Crippen LogP contribution in [-0.2, 0) is 0 Å². The van der Waals surface area contributed by atoms with Crippen molar-refractivity contribution in [2.75, 3.05) is 6.54 Å². The first-order chi connectivity index (χ1) is 6.27. The number of nitrogens with two attached hydrogens (primary N) is 1. The summed E-state index contributed by atoms with van der Waals surface area (Å²) < 4.78 is 0. The Balaban J connectivity index is 2.53. The van der Waals surface area contributed by atoms with Crippen molar-refractivity contribution in [3.05, 3.63) is 23.4 Å². The summed E-state index contributed by atoms with van der Waals surface area (Å²) in [7, 11) is 0. The molecule has 0 aliphatic heterocycles. The maximum Gasteiger partial charge on any atom is 0.0988 e. The van der Waals surface area contributed by atoms with E-state index in [1.54, 1.807) is 6.08 Å². The van der Waals surface area contributed by atoms with E-state index in [1.807, 2.05) is 6.08 Å². The monoisotopic (exact) mass is 177 g/mol. The highest BCUT2D eigenvalue weighted by atomic mass is 14.9. The van der Waals surface area contributed by atoms with Crippen molar-refractivity contribution in [1.82, 2.24) is 5.32 Å². The van der Waals surface area contributed by atoms with Crippen LogP contribution in [0.2, 0.25) is 0 Å². The molecule has 1 aliphatic rings. The molecule has 0 heterocycles. The molecule has 0 saturated carbocycles. The van der Waals surface area contributed by atoms with Crippen molar-refractivity contribution in [2.24, 2.45) is 5.73 Å². The topological polar surface area (TPSA) is 61.8 Å². The second-order valence-corrected chi connectivity index (χ2v) is 3.16. The van der Waals surface area contributed by atoms with Crippen molar-refractivity contribution in [2.45, 2.75) is 25.8 Å². The second-order valence-electron chi connectivity index (χ2n) is 3.16. The third-order valence-electron chi connectivity index (χ3n) is 2.07. The first kappa shape index (κ1) is 9.82. The molecule has 0 fully saturated rings. The highest BCUT2D eigenvalue weighted by molar-refractivity contribution is 5.39. The second kappa shape index (κ2) is 4.68. The Morgan fingerprint density at radius 3 is 3.08 bits per heavy atom.